The maximum absolute atomic E-state index is 12.2. The van der Waals surface area contributed by atoms with Crippen molar-refractivity contribution >= 4 is 35.0 Å². The Kier molecular flexibility index (Phi) is 6.24. The van der Waals surface area contributed by atoms with E-state index in [4.69, 9.17) is 11.6 Å². The van der Waals surface area contributed by atoms with Crippen molar-refractivity contribution in [2.75, 3.05) is 12.4 Å². The zero-order valence-electron chi connectivity index (χ0n) is 15.1. The molecule has 3 aromatic rings. The van der Waals surface area contributed by atoms with Crippen LogP contribution in [0.3, 0.4) is 0 Å². The molecule has 3 rings (SSSR count). The number of halogens is 1. The minimum absolute atomic E-state index is 0.212. The van der Waals surface area contributed by atoms with E-state index in [0.29, 0.717) is 28.5 Å². The molecule has 1 aromatic heterocycles. The van der Waals surface area contributed by atoms with Gasteiger partial charge in [0.15, 0.2) is 0 Å². The molecular formula is C21H18ClN3O3. The number of pyridine rings is 1. The van der Waals surface area contributed by atoms with Crippen LogP contribution >= 0.6 is 11.6 Å². The zero-order valence-corrected chi connectivity index (χ0v) is 15.9. The summed E-state index contributed by atoms with van der Waals surface area (Å²) in [6, 6.07) is 17.5. The number of amides is 1. The van der Waals surface area contributed by atoms with E-state index in [2.05, 4.69) is 20.4 Å². The van der Waals surface area contributed by atoms with Gasteiger partial charge in [-0.15, -0.1) is 0 Å². The van der Waals surface area contributed by atoms with Gasteiger partial charge in [0.25, 0.3) is 5.91 Å². The molecular weight excluding hydrogens is 378 g/mol. The maximum atomic E-state index is 12.2. The SMILES string of the molecule is COC(=O)c1ccc(Nc2ccc(C(=O)NCc3ccc(Cl)cc3)cn2)cc1. The van der Waals surface area contributed by atoms with E-state index < -0.39 is 5.97 Å². The first-order chi connectivity index (χ1) is 13.5. The van der Waals surface area contributed by atoms with Gasteiger partial charge in [-0.05, 0) is 54.1 Å². The van der Waals surface area contributed by atoms with Gasteiger partial charge in [-0.2, -0.15) is 0 Å². The molecule has 0 spiro atoms. The monoisotopic (exact) mass is 395 g/mol. The minimum Gasteiger partial charge on any atom is -0.465 e. The van der Waals surface area contributed by atoms with Gasteiger partial charge >= 0.3 is 5.97 Å². The summed E-state index contributed by atoms with van der Waals surface area (Å²) in [7, 11) is 1.34. The average Bonchev–Trinajstić information content (AvgIpc) is 2.73. The molecule has 1 amide bonds. The lowest BCUT2D eigenvalue weighted by Gasteiger charge is -2.08. The number of aromatic nitrogens is 1. The molecule has 1 heterocycles. The van der Waals surface area contributed by atoms with Gasteiger partial charge in [0.2, 0.25) is 0 Å². The highest BCUT2D eigenvalue weighted by Gasteiger charge is 2.07. The van der Waals surface area contributed by atoms with Gasteiger partial charge in [-0.25, -0.2) is 9.78 Å². The van der Waals surface area contributed by atoms with Crippen LogP contribution < -0.4 is 10.6 Å². The summed E-state index contributed by atoms with van der Waals surface area (Å²) in [4.78, 5) is 27.9. The zero-order chi connectivity index (χ0) is 19.9. The van der Waals surface area contributed by atoms with Crippen LogP contribution in [0.2, 0.25) is 5.02 Å². The number of rotatable bonds is 6. The lowest BCUT2D eigenvalue weighted by molar-refractivity contribution is 0.0600. The molecule has 2 aromatic carbocycles. The summed E-state index contributed by atoms with van der Waals surface area (Å²) in [5.74, 6) is -0.0184. The molecule has 28 heavy (non-hydrogen) atoms. The van der Waals surface area contributed by atoms with E-state index in [1.807, 2.05) is 12.1 Å². The average molecular weight is 396 g/mol. The molecule has 0 aliphatic rings. The highest BCUT2D eigenvalue weighted by molar-refractivity contribution is 6.30. The van der Waals surface area contributed by atoms with E-state index in [9.17, 15) is 9.59 Å². The lowest BCUT2D eigenvalue weighted by atomic mass is 10.2. The van der Waals surface area contributed by atoms with Crippen LogP contribution in [-0.2, 0) is 11.3 Å². The molecule has 0 radical (unpaired) electrons. The molecule has 2 N–H and O–H groups in total. The number of nitrogens with one attached hydrogen (secondary N) is 2. The van der Waals surface area contributed by atoms with Crippen LogP contribution in [0.15, 0.2) is 66.9 Å². The van der Waals surface area contributed by atoms with E-state index in [0.717, 1.165) is 11.3 Å². The van der Waals surface area contributed by atoms with E-state index in [1.165, 1.54) is 13.3 Å². The Hall–Kier alpha value is -3.38. The number of anilines is 2. The number of ether oxygens (including phenoxy) is 1. The van der Waals surface area contributed by atoms with Gasteiger partial charge in [0.05, 0.1) is 18.2 Å². The van der Waals surface area contributed by atoms with Crippen LogP contribution in [0, 0.1) is 0 Å². The summed E-state index contributed by atoms with van der Waals surface area (Å²) in [6.45, 7) is 0.405. The van der Waals surface area contributed by atoms with Crippen LogP contribution in [0.25, 0.3) is 0 Å². The Morgan fingerprint density at radius 2 is 1.64 bits per heavy atom. The predicted octanol–water partition coefficient (Wildman–Crippen LogP) is 4.20. The molecule has 0 unspecified atom stereocenters. The number of nitrogens with zero attached hydrogens (tertiary/aromatic N) is 1. The molecule has 7 heteroatoms. The Balaban J connectivity index is 1.57. The number of methoxy groups -OCH3 is 1. The molecule has 142 valence electrons. The number of carbonyl (C=O) groups excluding carboxylic acids is 2. The Morgan fingerprint density at radius 3 is 2.25 bits per heavy atom. The number of carbonyl (C=O) groups is 2. The molecule has 6 nitrogen and oxygen atoms in total. The fraction of sp³-hybridized carbons (Fsp3) is 0.0952. The Morgan fingerprint density at radius 1 is 0.964 bits per heavy atom. The molecule has 0 saturated heterocycles. The van der Waals surface area contributed by atoms with Crippen LogP contribution in [0.1, 0.15) is 26.3 Å². The van der Waals surface area contributed by atoms with E-state index in [1.54, 1.807) is 48.5 Å². The Labute approximate surface area is 167 Å². The van der Waals surface area contributed by atoms with Crippen molar-refractivity contribution in [2.45, 2.75) is 6.54 Å². The summed E-state index contributed by atoms with van der Waals surface area (Å²) in [5.41, 5.74) is 2.65. The molecule has 0 aliphatic heterocycles. The van der Waals surface area contributed by atoms with Crippen LogP contribution in [-0.4, -0.2) is 24.0 Å². The highest BCUT2D eigenvalue weighted by atomic mass is 35.5. The topological polar surface area (TPSA) is 80.3 Å². The fourth-order valence-electron chi connectivity index (χ4n) is 2.44. The number of hydrogen-bond donors (Lipinski definition) is 2. The van der Waals surface area contributed by atoms with Crippen LogP contribution in [0.4, 0.5) is 11.5 Å². The van der Waals surface area contributed by atoms with Crippen molar-refractivity contribution in [3.63, 3.8) is 0 Å². The smallest absolute Gasteiger partial charge is 0.337 e. The van der Waals surface area contributed by atoms with Crippen molar-refractivity contribution in [1.29, 1.82) is 0 Å². The van der Waals surface area contributed by atoms with Crippen molar-refractivity contribution in [2.24, 2.45) is 0 Å². The highest BCUT2D eigenvalue weighted by Crippen LogP contribution is 2.16. The van der Waals surface area contributed by atoms with Crippen molar-refractivity contribution in [1.82, 2.24) is 10.3 Å². The quantitative estimate of drug-likeness (QED) is 0.611. The second-order valence-corrected chi connectivity index (χ2v) is 6.37. The largest absolute Gasteiger partial charge is 0.465 e. The number of benzene rings is 2. The third kappa shape index (κ3) is 5.08. The third-order valence-corrected chi connectivity index (χ3v) is 4.22. The van der Waals surface area contributed by atoms with Gasteiger partial charge in [0, 0.05) is 23.5 Å². The first-order valence-electron chi connectivity index (χ1n) is 8.49. The Bertz CT molecular complexity index is 956. The van der Waals surface area contributed by atoms with Gasteiger partial charge in [-0.1, -0.05) is 23.7 Å². The van der Waals surface area contributed by atoms with Crippen molar-refractivity contribution in [3.05, 3.63) is 88.6 Å². The maximum Gasteiger partial charge on any atom is 0.337 e. The molecule has 0 aliphatic carbocycles. The lowest BCUT2D eigenvalue weighted by Crippen LogP contribution is -2.22. The minimum atomic E-state index is -0.390. The summed E-state index contributed by atoms with van der Waals surface area (Å²) < 4.78 is 4.67. The van der Waals surface area contributed by atoms with E-state index in [-0.39, 0.29) is 5.91 Å². The third-order valence-electron chi connectivity index (χ3n) is 3.97. The molecule has 0 saturated carbocycles. The van der Waals surface area contributed by atoms with Crippen molar-refractivity contribution < 1.29 is 14.3 Å². The van der Waals surface area contributed by atoms with Gasteiger partial charge in [0.1, 0.15) is 5.82 Å². The fourth-order valence-corrected chi connectivity index (χ4v) is 2.57. The van der Waals surface area contributed by atoms with Gasteiger partial charge in [-0.3, -0.25) is 4.79 Å². The van der Waals surface area contributed by atoms with Crippen molar-refractivity contribution in [3.8, 4) is 0 Å². The number of esters is 1. The second kappa shape index (κ2) is 9.01. The van der Waals surface area contributed by atoms with Crippen LogP contribution in [0.5, 0.6) is 0 Å². The van der Waals surface area contributed by atoms with Gasteiger partial charge < -0.3 is 15.4 Å². The predicted molar refractivity (Wildman–Crippen MR) is 108 cm³/mol. The summed E-state index contributed by atoms with van der Waals surface area (Å²) in [5, 5.41) is 6.60. The molecule has 0 fully saturated rings. The molecule has 0 bridgehead atoms. The first kappa shape index (κ1) is 19.4. The first-order valence-corrected chi connectivity index (χ1v) is 8.87. The van der Waals surface area contributed by atoms with E-state index >= 15 is 0 Å². The number of hydrogen-bond acceptors (Lipinski definition) is 5. The summed E-state index contributed by atoms with van der Waals surface area (Å²) >= 11 is 5.85. The molecule has 0 atom stereocenters. The summed E-state index contributed by atoms with van der Waals surface area (Å²) in [6.07, 6.45) is 1.50. The second-order valence-electron chi connectivity index (χ2n) is 5.94. The normalized spacial score (nSPS) is 10.2. The standard InChI is InChI=1S/C21H18ClN3O3/c1-28-21(27)15-4-9-18(10-5-15)25-19-11-6-16(13-23-19)20(26)24-12-14-2-7-17(22)8-3-14/h2-11,13H,12H2,1H3,(H,23,25)(H,24,26).